The largest absolute Gasteiger partial charge is 0.417 e. The number of nitrogens with one attached hydrogen (secondary N) is 1. The van der Waals surface area contributed by atoms with E-state index in [0.717, 1.165) is 50.7 Å². The smallest absolute Gasteiger partial charge is 0.314 e. The van der Waals surface area contributed by atoms with Crippen molar-refractivity contribution in [2.24, 2.45) is 5.92 Å². The van der Waals surface area contributed by atoms with Crippen LogP contribution in [0.4, 0.5) is 13.2 Å². The number of rotatable bonds is 5. The molecule has 0 radical (unpaired) electrons. The summed E-state index contributed by atoms with van der Waals surface area (Å²) in [6.07, 6.45) is -2.44. The summed E-state index contributed by atoms with van der Waals surface area (Å²) in [6.45, 7) is 7.95. The lowest BCUT2D eigenvalue weighted by Gasteiger charge is -2.36. The maximum absolute atomic E-state index is 12.9. The Morgan fingerprint density at radius 1 is 1.17 bits per heavy atom. The summed E-state index contributed by atoms with van der Waals surface area (Å²) in [5.41, 5.74) is 0.122. The predicted octanol–water partition coefficient (Wildman–Crippen LogP) is 4.74. The van der Waals surface area contributed by atoms with Crippen molar-refractivity contribution in [2.45, 2.75) is 38.9 Å². The molecule has 2 rings (SSSR count). The molecule has 0 amide bonds. The lowest BCUT2D eigenvalue weighted by Crippen LogP contribution is -2.45. The summed E-state index contributed by atoms with van der Waals surface area (Å²) in [5.74, 6) is 0.560. The molecule has 1 aromatic carbocycles. The number of alkyl halides is 3. The maximum atomic E-state index is 12.9. The molecule has 2 nitrogen and oxygen atoms in total. The monoisotopic (exact) mass is 348 g/mol. The minimum atomic E-state index is -4.40. The average Bonchev–Trinajstić information content (AvgIpc) is 2.47. The van der Waals surface area contributed by atoms with E-state index in [4.69, 9.17) is 11.6 Å². The summed E-state index contributed by atoms with van der Waals surface area (Å²) in [7, 11) is 0. The van der Waals surface area contributed by atoms with Gasteiger partial charge < -0.3 is 5.32 Å². The molecule has 1 aromatic rings. The number of benzene rings is 1. The highest BCUT2D eigenvalue weighted by Crippen LogP contribution is 2.37. The molecule has 0 aliphatic carbocycles. The van der Waals surface area contributed by atoms with Crippen LogP contribution in [0.15, 0.2) is 18.2 Å². The minimum absolute atomic E-state index is 0.124. The van der Waals surface area contributed by atoms with Gasteiger partial charge in [0.15, 0.2) is 0 Å². The zero-order valence-electron chi connectivity index (χ0n) is 13.6. The molecule has 1 saturated heterocycles. The Morgan fingerprint density at radius 2 is 1.83 bits per heavy atom. The van der Waals surface area contributed by atoms with E-state index in [-0.39, 0.29) is 11.1 Å². The van der Waals surface area contributed by atoms with Gasteiger partial charge in [-0.05, 0) is 36.5 Å². The van der Waals surface area contributed by atoms with Gasteiger partial charge in [0.2, 0.25) is 0 Å². The SMILES string of the molecule is CC(C)CC[C@H](c1ccc(C(F)(F)F)c(Cl)c1)N1CCNCC1. The second-order valence-corrected chi connectivity index (χ2v) is 6.92. The second-order valence-electron chi connectivity index (χ2n) is 6.51. The highest BCUT2D eigenvalue weighted by atomic mass is 35.5. The Kier molecular flexibility index (Phi) is 6.34. The molecule has 0 unspecified atom stereocenters. The quantitative estimate of drug-likeness (QED) is 0.826. The van der Waals surface area contributed by atoms with Crippen LogP contribution in [0.1, 0.15) is 43.9 Å². The highest BCUT2D eigenvalue weighted by Gasteiger charge is 2.33. The van der Waals surface area contributed by atoms with Gasteiger partial charge in [0.1, 0.15) is 0 Å². The van der Waals surface area contributed by atoms with E-state index >= 15 is 0 Å². The van der Waals surface area contributed by atoms with Crippen molar-refractivity contribution < 1.29 is 13.2 Å². The molecule has 1 aliphatic heterocycles. The van der Waals surface area contributed by atoms with Crippen LogP contribution in [0.3, 0.4) is 0 Å². The van der Waals surface area contributed by atoms with Crippen molar-refractivity contribution in [1.29, 1.82) is 0 Å². The first-order chi connectivity index (χ1) is 10.8. The van der Waals surface area contributed by atoms with Crippen LogP contribution in [0.25, 0.3) is 0 Å². The highest BCUT2D eigenvalue weighted by molar-refractivity contribution is 6.31. The Bertz CT molecular complexity index is 511. The number of halogens is 4. The summed E-state index contributed by atoms with van der Waals surface area (Å²) in [5, 5.41) is 3.10. The number of nitrogens with zero attached hydrogens (tertiary/aromatic N) is 1. The van der Waals surface area contributed by atoms with Crippen molar-refractivity contribution in [3.05, 3.63) is 34.3 Å². The van der Waals surface area contributed by atoms with Gasteiger partial charge in [-0.25, -0.2) is 0 Å². The average molecular weight is 349 g/mol. The Hall–Kier alpha value is -0.780. The van der Waals surface area contributed by atoms with Gasteiger partial charge in [0, 0.05) is 32.2 Å². The van der Waals surface area contributed by atoms with Gasteiger partial charge in [-0.1, -0.05) is 31.5 Å². The third-order valence-electron chi connectivity index (χ3n) is 4.29. The maximum Gasteiger partial charge on any atom is 0.417 e. The molecule has 1 N–H and O–H groups in total. The minimum Gasteiger partial charge on any atom is -0.314 e. The molecule has 0 saturated carbocycles. The predicted molar refractivity (Wildman–Crippen MR) is 87.7 cm³/mol. The van der Waals surface area contributed by atoms with Crippen LogP contribution >= 0.6 is 11.6 Å². The van der Waals surface area contributed by atoms with Crippen LogP contribution in [0.2, 0.25) is 5.02 Å². The zero-order chi connectivity index (χ0) is 17.0. The molecule has 6 heteroatoms. The Morgan fingerprint density at radius 3 is 2.35 bits per heavy atom. The molecule has 130 valence electrons. The van der Waals surface area contributed by atoms with Crippen molar-refractivity contribution >= 4 is 11.6 Å². The number of piperazine rings is 1. The summed E-state index contributed by atoms with van der Waals surface area (Å²) >= 11 is 5.91. The van der Waals surface area contributed by atoms with Crippen LogP contribution in [-0.4, -0.2) is 31.1 Å². The van der Waals surface area contributed by atoms with Crippen LogP contribution < -0.4 is 5.32 Å². The van der Waals surface area contributed by atoms with Gasteiger partial charge in [0.25, 0.3) is 0 Å². The topological polar surface area (TPSA) is 15.3 Å². The third kappa shape index (κ3) is 5.10. The van der Waals surface area contributed by atoms with E-state index < -0.39 is 11.7 Å². The third-order valence-corrected chi connectivity index (χ3v) is 4.61. The lowest BCUT2D eigenvalue weighted by molar-refractivity contribution is -0.137. The van der Waals surface area contributed by atoms with Gasteiger partial charge in [-0.15, -0.1) is 0 Å². The molecule has 1 fully saturated rings. The van der Waals surface area contributed by atoms with Gasteiger partial charge >= 0.3 is 6.18 Å². The fourth-order valence-corrected chi connectivity index (χ4v) is 3.31. The molecular formula is C17H24ClF3N2. The lowest BCUT2D eigenvalue weighted by atomic mass is 9.95. The van der Waals surface area contributed by atoms with Crippen molar-refractivity contribution in [3.63, 3.8) is 0 Å². The molecule has 1 heterocycles. The molecule has 23 heavy (non-hydrogen) atoms. The first kappa shape index (κ1) is 18.6. The molecule has 0 aromatic heterocycles. The molecular weight excluding hydrogens is 325 g/mol. The zero-order valence-corrected chi connectivity index (χ0v) is 14.3. The Balaban J connectivity index is 2.25. The number of hydrogen-bond donors (Lipinski definition) is 1. The molecule has 1 aliphatic rings. The van der Waals surface area contributed by atoms with E-state index in [1.165, 1.54) is 6.07 Å². The summed E-state index contributed by atoms with van der Waals surface area (Å²) in [6, 6.07) is 4.32. The van der Waals surface area contributed by atoms with Crippen LogP contribution in [-0.2, 0) is 6.18 Å². The van der Waals surface area contributed by atoms with Crippen LogP contribution in [0.5, 0.6) is 0 Å². The van der Waals surface area contributed by atoms with Gasteiger partial charge in [0.05, 0.1) is 10.6 Å². The van der Waals surface area contributed by atoms with Crippen LogP contribution in [0, 0.1) is 5.92 Å². The van der Waals surface area contributed by atoms with Gasteiger partial charge in [-0.3, -0.25) is 4.90 Å². The van der Waals surface area contributed by atoms with E-state index in [1.807, 2.05) is 0 Å². The summed E-state index contributed by atoms with van der Waals surface area (Å²) < 4.78 is 38.7. The fraction of sp³-hybridized carbons (Fsp3) is 0.647. The molecule has 0 bridgehead atoms. The number of hydrogen-bond acceptors (Lipinski definition) is 2. The standard InChI is InChI=1S/C17H24ClF3N2/c1-12(2)3-6-16(23-9-7-22-8-10-23)13-4-5-14(15(18)11-13)17(19,20)21/h4-5,11-12,16,22H,3,6-10H2,1-2H3/t16-/m1/s1. The second kappa shape index (κ2) is 7.86. The van der Waals surface area contributed by atoms with Gasteiger partial charge in [-0.2, -0.15) is 13.2 Å². The van der Waals surface area contributed by atoms with Crippen molar-refractivity contribution in [2.75, 3.05) is 26.2 Å². The fourth-order valence-electron chi connectivity index (χ4n) is 3.01. The molecule has 1 atom stereocenters. The van der Waals surface area contributed by atoms with Crippen molar-refractivity contribution in [3.8, 4) is 0 Å². The summed E-state index contributed by atoms with van der Waals surface area (Å²) in [4.78, 5) is 2.35. The first-order valence-electron chi connectivity index (χ1n) is 8.10. The van der Waals surface area contributed by atoms with E-state index in [1.54, 1.807) is 6.07 Å². The van der Waals surface area contributed by atoms with E-state index in [9.17, 15) is 13.2 Å². The first-order valence-corrected chi connectivity index (χ1v) is 8.48. The Labute approximate surface area is 141 Å². The van der Waals surface area contributed by atoms with E-state index in [0.29, 0.717) is 5.92 Å². The normalized spacial score (nSPS) is 18.4. The van der Waals surface area contributed by atoms with E-state index in [2.05, 4.69) is 24.1 Å². The molecule has 0 spiro atoms. The van der Waals surface area contributed by atoms with Crippen molar-refractivity contribution in [1.82, 2.24) is 10.2 Å².